The predicted octanol–water partition coefficient (Wildman–Crippen LogP) is 3.60. The average molecular weight is 336 g/mol. The molecular weight excluding hydrogens is 312 g/mol. The topological polar surface area (TPSA) is 52.0 Å². The summed E-state index contributed by atoms with van der Waals surface area (Å²) in [5.41, 5.74) is 2.12. The second kappa shape index (κ2) is 8.44. The van der Waals surface area contributed by atoms with E-state index >= 15 is 0 Å². The molecule has 0 saturated heterocycles. The van der Waals surface area contributed by atoms with E-state index in [2.05, 4.69) is 41.4 Å². The Bertz CT molecular complexity index is 758. The molecule has 1 N–H and O–H groups in total. The van der Waals surface area contributed by atoms with Crippen LogP contribution in [0.4, 0.5) is 0 Å². The third kappa shape index (κ3) is 4.90. The zero-order valence-corrected chi connectivity index (χ0v) is 14.7. The van der Waals surface area contributed by atoms with E-state index in [4.69, 9.17) is 4.74 Å². The van der Waals surface area contributed by atoms with Crippen molar-refractivity contribution in [1.29, 1.82) is 0 Å². The smallest absolute Gasteiger partial charge is 0.130 e. The highest BCUT2D eigenvalue weighted by Crippen LogP contribution is 2.16. The van der Waals surface area contributed by atoms with E-state index in [-0.39, 0.29) is 0 Å². The molecule has 0 fully saturated rings. The Kier molecular flexibility index (Phi) is 5.80. The quantitative estimate of drug-likeness (QED) is 0.683. The first-order chi connectivity index (χ1) is 12.2. The lowest BCUT2D eigenvalue weighted by atomic mass is 10.1. The van der Waals surface area contributed by atoms with Gasteiger partial charge in [0.15, 0.2) is 0 Å². The highest BCUT2D eigenvalue weighted by atomic mass is 16.5. The van der Waals surface area contributed by atoms with Gasteiger partial charge in [-0.25, -0.2) is 0 Å². The van der Waals surface area contributed by atoms with Crippen LogP contribution in [0.5, 0.6) is 5.75 Å². The van der Waals surface area contributed by atoms with E-state index in [0.717, 1.165) is 18.0 Å². The van der Waals surface area contributed by atoms with Crippen molar-refractivity contribution in [1.82, 2.24) is 20.1 Å². The largest absolute Gasteiger partial charge is 0.487 e. The van der Waals surface area contributed by atoms with E-state index in [9.17, 15) is 0 Å². The summed E-state index contributed by atoms with van der Waals surface area (Å²) in [7, 11) is 0. The van der Waals surface area contributed by atoms with Gasteiger partial charge in [0, 0.05) is 31.2 Å². The van der Waals surface area contributed by atoms with Crippen LogP contribution in [0.15, 0.2) is 67.1 Å². The number of pyridine rings is 1. The summed E-state index contributed by atoms with van der Waals surface area (Å²) in [5, 5.41) is 7.87. The van der Waals surface area contributed by atoms with Crippen LogP contribution in [0.1, 0.15) is 31.1 Å². The fraction of sp³-hybridized carbons (Fsp3) is 0.300. The van der Waals surface area contributed by atoms with Crippen molar-refractivity contribution >= 4 is 0 Å². The van der Waals surface area contributed by atoms with Gasteiger partial charge in [0.25, 0.3) is 0 Å². The molecule has 5 heteroatoms. The van der Waals surface area contributed by atoms with Gasteiger partial charge in [-0.2, -0.15) is 5.10 Å². The highest BCUT2D eigenvalue weighted by molar-refractivity contribution is 5.28. The maximum atomic E-state index is 5.84. The molecular formula is C20H24N4O. The molecule has 0 saturated carbocycles. The Hall–Kier alpha value is -2.66. The molecule has 0 unspecified atom stereocenters. The summed E-state index contributed by atoms with van der Waals surface area (Å²) < 4.78 is 7.82. The molecule has 0 amide bonds. The minimum atomic E-state index is 0.290. The number of hydrogen-bond acceptors (Lipinski definition) is 4. The van der Waals surface area contributed by atoms with E-state index < -0.39 is 0 Å². The molecule has 0 aliphatic rings. The fourth-order valence-electron chi connectivity index (χ4n) is 2.59. The van der Waals surface area contributed by atoms with Crippen LogP contribution in [0.3, 0.4) is 0 Å². The molecule has 0 aliphatic heterocycles. The number of aromatic nitrogens is 3. The van der Waals surface area contributed by atoms with Gasteiger partial charge >= 0.3 is 0 Å². The van der Waals surface area contributed by atoms with Crippen LogP contribution in [0, 0.1) is 0 Å². The van der Waals surface area contributed by atoms with Gasteiger partial charge in [0.05, 0.1) is 11.7 Å². The van der Waals surface area contributed by atoms with Gasteiger partial charge in [0.2, 0.25) is 0 Å². The Morgan fingerprint density at radius 1 is 1.08 bits per heavy atom. The fourth-order valence-corrected chi connectivity index (χ4v) is 2.59. The molecule has 3 aromatic rings. The van der Waals surface area contributed by atoms with E-state index in [0.29, 0.717) is 18.7 Å². The number of nitrogens with one attached hydrogen (secondary N) is 1. The van der Waals surface area contributed by atoms with Crippen molar-refractivity contribution < 1.29 is 4.74 Å². The molecule has 0 radical (unpaired) electrons. The summed E-state index contributed by atoms with van der Waals surface area (Å²) in [5.74, 6) is 0.859. The summed E-state index contributed by atoms with van der Waals surface area (Å²) in [4.78, 5) is 4.27. The molecule has 5 nitrogen and oxygen atoms in total. The summed E-state index contributed by atoms with van der Waals surface area (Å²) in [6.07, 6.45) is 5.59. The second-order valence-corrected chi connectivity index (χ2v) is 6.15. The van der Waals surface area contributed by atoms with Crippen molar-refractivity contribution in [3.05, 3.63) is 78.4 Å². The van der Waals surface area contributed by atoms with Crippen LogP contribution in [0.25, 0.3) is 0 Å². The van der Waals surface area contributed by atoms with Crippen LogP contribution in [-0.2, 0) is 13.2 Å². The van der Waals surface area contributed by atoms with E-state index in [1.165, 1.54) is 5.56 Å². The number of nitrogens with zero attached hydrogens (tertiary/aromatic N) is 3. The molecule has 130 valence electrons. The van der Waals surface area contributed by atoms with Gasteiger partial charge in [0.1, 0.15) is 12.4 Å². The third-order valence-electron chi connectivity index (χ3n) is 4.31. The molecule has 2 heterocycles. The van der Waals surface area contributed by atoms with Gasteiger partial charge in [-0.3, -0.25) is 9.67 Å². The third-order valence-corrected chi connectivity index (χ3v) is 4.31. The Labute approximate surface area is 148 Å². The SMILES string of the molecule is C[C@@H](NCc1cccc(OCc2ccccn2)c1)[C@H](C)n1cccn1. The van der Waals surface area contributed by atoms with Crippen LogP contribution in [0.2, 0.25) is 0 Å². The molecule has 2 atom stereocenters. The maximum absolute atomic E-state index is 5.84. The van der Waals surface area contributed by atoms with Gasteiger partial charge < -0.3 is 10.1 Å². The van der Waals surface area contributed by atoms with Gasteiger partial charge in [-0.05, 0) is 49.7 Å². The maximum Gasteiger partial charge on any atom is 0.130 e. The number of rotatable bonds is 8. The van der Waals surface area contributed by atoms with Crippen molar-refractivity contribution in [2.75, 3.05) is 0 Å². The Morgan fingerprint density at radius 3 is 2.76 bits per heavy atom. The number of hydrogen-bond donors (Lipinski definition) is 1. The molecule has 25 heavy (non-hydrogen) atoms. The van der Waals surface area contributed by atoms with Crippen LogP contribution >= 0.6 is 0 Å². The lowest BCUT2D eigenvalue weighted by Gasteiger charge is -2.22. The standard InChI is InChI=1S/C20H24N4O/c1-16(17(2)24-12-6-11-23-24)22-14-18-7-5-9-20(13-18)25-15-19-8-3-4-10-21-19/h3-13,16-17,22H,14-15H2,1-2H3/t16-,17+/m1/s1. The summed E-state index contributed by atoms with van der Waals surface area (Å²) in [6, 6.07) is 16.5. The van der Waals surface area contributed by atoms with Gasteiger partial charge in [-0.1, -0.05) is 18.2 Å². The number of ether oxygens (including phenoxy) is 1. The Balaban J connectivity index is 1.53. The number of benzene rings is 1. The zero-order valence-electron chi connectivity index (χ0n) is 14.7. The lowest BCUT2D eigenvalue weighted by molar-refractivity contribution is 0.300. The summed E-state index contributed by atoms with van der Waals surface area (Å²) in [6.45, 7) is 5.60. The van der Waals surface area contributed by atoms with Crippen molar-refractivity contribution in [2.24, 2.45) is 0 Å². The van der Waals surface area contributed by atoms with Gasteiger partial charge in [-0.15, -0.1) is 0 Å². The highest BCUT2D eigenvalue weighted by Gasteiger charge is 2.13. The molecule has 1 aromatic carbocycles. The Morgan fingerprint density at radius 2 is 2.00 bits per heavy atom. The van der Waals surface area contributed by atoms with Crippen molar-refractivity contribution in [2.45, 2.75) is 39.1 Å². The zero-order chi connectivity index (χ0) is 17.5. The van der Waals surface area contributed by atoms with Crippen LogP contribution < -0.4 is 10.1 Å². The molecule has 0 spiro atoms. The predicted molar refractivity (Wildman–Crippen MR) is 98.3 cm³/mol. The minimum Gasteiger partial charge on any atom is -0.487 e. The second-order valence-electron chi connectivity index (χ2n) is 6.15. The van der Waals surface area contributed by atoms with Crippen molar-refractivity contribution in [3.8, 4) is 5.75 Å². The first kappa shape index (κ1) is 17.2. The molecule has 2 aromatic heterocycles. The normalized spacial score (nSPS) is 13.4. The summed E-state index contributed by atoms with van der Waals surface area (Å²) >= 11 is 0. The first-order valence-electron chi connectivity index (χ1n) is 8.56. The minimum absolute atomic E-state index is 0.290. The average Bonchev–Trinajstić information content (AvgIpc) is 3.20. The van der Waals surface area contributed by atoms with Crippen molar-refractivity contribution in [3.63, 3.8) is 0 Å². The molecule has 0 bridgehead atoms. The lowest BCUT2D eigenvalue weighted by Crippen LogP contribution is -2.33. The molecule has 3 rings (SSSR count). The first-order valence-corrected chi connectivity index (χ1v) is 8.56. The van der Waals surface area contributed by atoms with Crippen LogP contribution in [-0.4, -0.2) is 20.8 Å². The monoisotopic (exact) mass is 336 g/mol. The van der Waals surface area contributed by atoms with E-state index in [1.807, 2.05) is 53.5 Å². The van der Waals surface area contributed by atoms with E-state index in [1.54, 1.807) is 6.20 Å². The molecule has 0 aliphatic carbocycles.